The van der Waals surface area contributed by atoms with Crippen molar-refractivity contribution in [2.24, 2.45) is 0 Å². The summed E-state index contributed by atoms with van der Waals surface area (Å²) in [5.41, 5.74) is 0.725. The first-order chi connectivity index (χ1) is 7.45. The molecule has 0 aliphatic heterocycles. The van der Waals surface area contributed by atoms with E-state index in [0.29, 0.717) is 10.0 Å². The maximum Gasteiger partial charge on any atom is 0.339 e. The second-order valence-corrected chi connectivity index (χ2v) is 4.21. The van der Waals surface area contributed by atoms with Crippen molar-refractivity contribution in [2.75, 3.05) is 0 Å². The number of aryl methyl sites for hydroxylation is 1. The number of hydrogen-bond acceptors (Lipinski definition) is 3. The Labute approximate surface area is 102 Å². The Kier molecular flexibility index (Phi) is 3.91. The van der Waals surface area contributed by atoms with Crippen LogP contribution >= 0.6 is 15.9 Å². The normalized spacial score (nSPS) is 11.6. The minimum absolute atomic E-state index is 0.0500. The Morgan fingerprint density at radius 2 is 2.25 bits per heavy atom. The van der Waals surface area contributed by atoms with E-state index in [9.17, 15) is 4.79 Å². The van der Waals surface area contributed by atoms with Gasteiger partial charge in [0, 0.05) is 4.47 Å². The van der Waals surface area contributed by atoms with Gasteiger partial charge in [-0.25, -0.2) is 4.79 Å². The average molecular weight is 284 g/mol. The number of halogens is 1. The summed E-state index contributed by atoms with van der Waals surface area (Å²) in [5, 5.41) is 17.7. The van der Waals surface area contributed by atoms with Crippen molar-refractivity contribution in [1.29, 1.82) is 5.26 Å². The third kappa shape index (κ3) is 2.74. The van der Waals surface area contributed by atoms with Gasteiger partial charge >= 0.3 is 5.97 Å². The topological polar surface area (TPSA) is 70.3 Å². The van der Waals surface area contributed by atoms with E-state index in [1.54, 1.807) is 19.9 Å². The van der Waals surface area contributed by atoms with Crippen LogP contribution < -0.4 is 4.74 Å². The summed E-state index contributed by atoms with van der Waals surface area (Å²) >= 11 is 3.21. The molecule has 1 aromatic carbocycles. The van der Waals surface area contributed by atoms with E-state index < -0.39 is 12.1 Å². The molecule has 0 aliphatic rings. The third-order valence-corrected chi connectivity index (χ3v) is 2.40. The van der Waals surface area contributed by atoms with Gasteiger partial charge in [-0.15, -0.1) is 0 Å². The Morgan fingerprint density at radius 1 is 1.62 bits per heavy atom. The number of ether oxygens (including phenoxy) is 1. The third-order valence-electron chi connectivity index (χ3n) is 1.95. The Morgan fingerprint density at radius 3 is 2.75 bits per heavy atom. The monoisotopic (exact) mass is 283 g/mol. The Bertz CT molecular complexity index is 465. The quantitative estimate of drug-likeness (QED) is 0.926. The van der Waals surface area contributed by atoms with E-state index in [2.05, 4.69) is 15.9 Å². The maximum atomic E-state index is 11.0. The standard InChI is InChI=1S/C11H10BrNO3/c1-6-3-8(12)4-9(11(14)15)10(6)16-7(2)5-13/h3-4,7H,1-2H3,(H,14,15). The summed E-state index contributed by atoms with van der Waals surface area (Å²) in [6.07, 6.45) is -0.682. The molecule has 84 valence electrons. The highest BCUT2D eigenvalue weighted by atomic mass is 79.9. The van der Waals surface area contributed by atoms with Crippen LogP contribution in [0.5, 0.6) is 5.75 Å². The van der Waals surface area contributed by atoms with E-state index in [-0.39, 0.29) is 11.3 Å². The van der Waals surface area contributed by atoms with Crippen LogP contribution in [-0.2, 0) is 0 Å². The second kappa shape index (κ2) is 4.99. The zero-order chi connectivity index (χ0) is 12.3. The highest BCUT2D eigenvalue weighted by Crippen LogP contribution is 2.28. The van der Waals surface area contributed by atoms with Crippen molar-refractivity contribution < 1.29 is 14.6 Å². The molecule has 1 rings (SSSR count). The van der Waals surface area contributed by atoms with E-state index >= 15 is 0 Å². The SMILES string of the molecule is Cc1cc(Br)cc(C(=O)O)c1OC(C)C#N. The molecule has 0 fully saturated rings. The lowest BCUT2D eigenvalue weighted by molar-refractivity contribution is 0.0691. The molecule has 0 aliphatic carbocycles. The van der Waals surface area contributed by atoms with Crippen molar-refractivity contribution >= 4 is 21.9 Å². The van der Waals surface area contributed by atoms with Gasteiger partial charge in [0.05, 0.1) is 0 Å². The lowest BCUT2D eigenvalue weighted by atomic mass is 10.1. The van der Waals surface area contributed by atoms with Gasteiger partial charge in [0.1, 0.15) is 17.4 Å². The fourth-order valence-corrected chi connectivity index (χ4v) is 1.82. The number of aromatic carboxylic acids is 1. The lowest BCUT2D eigenvalue weighted by Crippen LogP contribution is -2.12. The van der Waals surface area contributed by atoms with Gasteiger partial charge in [-0.05, 0) is 31.5 Å². The van der Waals surface area contributed by atoms with Crippen LogP contribution in [0.15, 0.2) is 16.6 Å². The fraction of sp³-hybridized carbons (Fsp3) is 0.273. The van der Waals surface area contributed by atoms with Crippen LogP contribution in [0.4, 0.5) is 0 Å². The number of benzene rings is 1. The number of nitriles is 1. The van der Waals surface area contributed by atoms with E-state index in [4.69, 9.17) is 15.1 Å². The van der Waals surface area contributed by atoms with Crippen LogP contribution in [0.1, 0.15) is 22.8 Å². The van der Waals surface area contributed by atoms with E-state index in [0.717, 1.165) is 0 Å². The molecule has 0 saturated heterocycles. The van der Waals surface area contributed by atoms with Gasteiger partial charge < -0.3 is 9.84 Å². The molecule has 0 spiro atoms. The molecule has 1 unspecified atom stereocenters. The van der Waals surface area contributed by atoms with Crippen LogP contribution in [0.3, 0.4) is 0 Å². The molecule has 0 radical (unpaired) electrons. The van der Waals surface area contributed by atoms with E-state index in [1.807, 2.05) is 6.07 Å². The number of hydrogen-bond donors (Lipinski definition) is 1. The summed E-state index contributed by atoms with van der Waals surface area (Å²) < 4.78 is 5.95. The van der Waals surface area contributed by atoms with Crippen molar-refractivity contribution in [2.45, 2.75) is 20.0 Å². The van der Waals surface area contributed by atoms with Gasteiger partial charge in [-0.2, -0.15) is 5.26 Å². The molecular formula is C11H10BrNO3. The molecule has 0 aromatic heterocycles. The van der Waals surface area contributed by atoms with Crippen LogP contribution in [-0.4, -0.2) is 17.2 Å². The summed E-state index contributed by atoms with van der Waals surface area (Å²) in [5.74, 6) is -0.839. The summed E-state index contributed by atoms with van der Waals surface area (Å²) in [4.78, 5) is 11.0. The smallest absolute Gasteiger partial charge is 0.339 e. The number of carboxylic acids is 1. The molecule has 1 aromatic rings. The predicted octanol–water partition coefficient (Wildman–Crippen LogP) is 2.75. The Hall–Kier alpha value is -1.54. The number of carbonyl (C=O) groups is 1. The largest absolute Gasteiger partial charge is 0.478 e. The first-order valence-corrected chi connectivity index (χ1v) is 5.34. The summed E-state index contributed by atoms with van der Waals surface area (Å²) in [6, 6.07) is 5.09. The first-order valence-electron chi connectivity index (χ1n) is 4.55. The predicted molar refractivity (Wildman–Crippen MR) is 61.5 cm³/mol. The van der Waals surface area contributed by atoms with Crippen molar-refractivity contribution in [3.8, 4) is 11.8 Å². The van der Waals surface area contributed by atoms with Crippen molar-refractivity contribution in [1.82, 2.24) is 0 Å². The zero-order valence-electron chi connectivity index (χ0n) is 8.82. The lowest BCUT2D eigenvalue weighted by Gasteiger charge is -2.13. The van der Waals surface area contributed by atoms with Gasteiger partial charge in [0.15, 0.2) is 6.10 Å². The molecule has 0 heterocycles. The molecule has 1 N–H and O–H groups in total. The number of nitrogens with zero attached hydrogens (tertiary/aromatic N) is 1. The summed E-state index contributed by atoms with van der Waals surface area (Å²) in [6.45, 7) is 3.30. The first kappa shape index (κ1) is 12.5. The molecule has 1 atom stereocenters. The molecule has 0 bridgehead atoms. The zero-order valence-corrected chi connectivity index (χ0v) is 10.4. The van der Waals surface area contributed by atoms with E-state index in [1.165, 1.54) is 6.07 Å². The van der Waals surface area contributed by atoms with Gasteiger partial charge in [-0.1, -0.05) is 15.9 Å². The van der Waals surface area contributed by atoms with Gasteiger partial charge in [0.2, 0.25) is 0 Å². The van der Waals surface area contributed by atoms with Crippen LogP contribution in [0, 0.1) is 18.3 Å². The molecular weight excluding hydrogens is 274 g/mol. The highest BCUT2D eigenvalue weighted by molar-refractivity contribution is 9.10. The highest BCUT2D eigenvalue weighted by Gasteiger charge is 2.17. The Balaban J connectivity index is 3.25. The minimum atomic E-state index is -1.08. The van der Waals surface area contributed by atoms with Crippen molar-refractivity contribution in [3.05, 3.63) is 27.7 Å². The van der Waals surface area contributed by atoms with Crippen molar-refractivity contribution in [3.63, 3.8) is 0 Å². The number of rotatable bonds is 3. The molecule has 4 nitrogen and oxygen atoms in total. The average Bonchev–Trinajstić information content (AvgIpc) is 2.20. The number of carboxylic acid groups (broad SMARTS) is 1. The van der Waals surface area contributed by atoms with Crippen LogP contribution in [0.2, 0.25) is 0 Å². The van der Waals surface area contributed by atoms with Gasteiger partial charge in [0.25, 0.3) is 0 Å². The maximum absolute atomic E-state index is 11.0. The molecule has 16 heavy (non-hydrogen) atoms. The molecule has 5 heteroatoms. The molecule has 0 saturated carbocycles. The minimum Gasteiger partial charge on any atom is -0.478 e. The second-order valence-electron chi connectivity index (χ2n) is 3.29. The van der Waals surface area contributed by atoms with Crippen LogP contribution in [0.25, 0.3) is 0 Å². The fourth-order valence-electron chi connectivity index (χ4n) is 1.25. The molecule has 0 amide bonds. The van der Waals surface area contributed by atoms with Gasteiger partial charge in [-0.3, -0.25) is 0 Å². The summed E-state index contributed by atoms with van der Waals surface area (Å²) in [7, 11) is 0.